The molecule has 1 amide bonds. The van der Waals surface area contributed by atoms with E-state index in [1.54, 1.807) is 24.3 Å². The van der Waals surface area contributed by atoms with Crippen molar-refractivity contribution < 1.29 is 23.1 Å². The van der Waals surface area contributed by atoms with Crippen molar-refractivity contribution in [3.63, 3.8) is 0 Å². The Bertz CT molecular complexity index is 1180. The Morgan fingerprint density at radius 3 is 2.39 bits per heavy atom. The van der Waals surface area contributed by atoms with Crippen LogP contribution in [0.25, 0.3) is 0 Å². The van der Waals surface area contributed by atoms with Crippen molar-refractivity contribution in [3.05, 3.63) is 82.3 Å². The average molecular weight is 481 g/mol. The number of hydrogen-bond acceptors (Lipinski definition) is 5. The van der Waals surface area contributed by atoms with Crippen molar-refractivity contribution in [1.82, 2.24) is 5.32 Å². The number of carbonyl (C=O) groups excluding carboxylic acids is 1. The van der Waals surface area contributed by atoms with Crippen molar-refractivity contribution in [2.45, 2.75) is 4.90 Å². The number of sulfonamides is 1. The molecule has 0 spiro atoms. The molecule has 0 saturated carbocycles. The molecule has 0 atom stereocenters. The van der Waals surface area contributed by atoms with Crippen LogP contribution in [0, 0.1) is 0 Å². The summed E-state index contributed by atoms with van der Waals surface area (Å²) in [6.45, 7) is -0.236. The number of anilines is 1. The van der Waals surface area contributed by atoms with Gasteiger partial charge in [0, 0.05) is 11.6 Å². The molecule has 0 aliphatic rings. The number of aliphatic hydroxyl groups excluding tert-OH is 1. The molecule has 0 aliphatic heterocycles. The number of carbonyl (C=O) groups is 1. The summed E-state index contributed by atoms with van der Waals surface area (Å²) in [7, 11) is -4.00. The second-order valence-corrected chi connectivity index (χ2v) is 8.80. The van der Waals surface area contributed by atoms with Gasteiger partial charge in [-0.3, -0.25) is 9.52 Å². The minimum Gasteiger partial charge on any atom is -0.456 e. The molecular formula is C21H18Cl2N2O5S. The van der Waals surface area contributed by atoms with Crippen molar-refractivity contribution in [2.75, 3.05) is 17.9 Å². The van der Waals surface area contributed by atoms with Crippen LogP contribution in [-0.2, 0) is 10.0 Å². The molecule has 162 valence electrons. The highest BCUT2D eigenvalue weighted by Gasteiger charge is 2.19. The number of hydrogen-bond donors (Lipinski definition) is 3. The van der Waals surface area contributed by atoms with Gasteiger partial charge in [0.15, 0.2) is 0 Å². The normalized spacial score (nSPS) is 11.1. The van der Waals surface area contributed by atoms with Crippen molar-refractivity contribution >= 4 is 44.8 Å². The monoisotopic (exact) mass is 480 g/mol. The standard InChI is InChI=1S/C21H18Cl2N2O5S/c22-14-5-10-19(17(13-14)21(27)24-11-12-26)25-31(28,29)16-8-6-15(7-9-16)30-20-4-2-1-3-18(20)23/h1-10,13,25-26H,11-12H2,(H,24,27). The number of rotatable bonds is 8. The zero-order valence-electron chi connectivity index (χ0n) is 16.0. The van der Waals surface area contributed by atoms with Crippen LogP contribution in [0.4, 0.5) is 5.69 Å². The maximum absolute atomic E-state index is 12.8. The predicted octanol–water partition coefficient (Wildman–Crippen LogP) is 4.31. The van der Waals surface area contributed by atoms with Gasteiger partial charge in [-0.25, -0.2) is 8.42 Å². The van der Waals surface area contributed by atoms with E-state index in [0.29, 0.717) is 16.5 Å². The molecule has 0 unspecified atom stereocenters. The van der Waals surface area contributed by atoms with Crippen LogP contribution < -0.4 is 14.8 Å². The number of nitrogens with one attached hydrogen (secondary N) is 2. The summed E-state index contributed by atoms with van der Waals surface area (Å²) in [6, 6.07) is 16.8. The summed E-state index contributed by atoms with van der Waals surface area (Å²) in [5.74, 6) is 0.276. The molecule has 0 radical (unpaired) electrons. The lowest BCUT2D eigenvalue weighted by atomic mass is 10.1. The molecule has 0 saturated heterocycles. The molecule has 3 aromatic rings. The van der Waals surface area contributed by atoms with Gasteiger partial charge in [-0.15, -0.1) is 0 Å². The summed E-state index contributed by atoms with van der Waals surface area (Å²) in [6.07, 6.45) is 0. The summed E-state index contributed by atoms with van der Waals surface area (Å²) >= 11 is 12.0. The van der Waals surface area contributed by atoms with E-state index >= 15 is 0 Å². The number of para-hydroxylation sites is 1. The summed E-state index contributed by atoms with van der Waals surface area (Å²) in [5, 5.41) is 12.0. The zero-order chi connectivity index (χ0) is 22.4. The minimum atomic E-state index is -4.00. The van der Waals surface area contributed by atoms with Gasteiger partial charge in [0.2, 0.25) is 0 Å². The quantitative estimate of drug-likeness (QED) is 0.445. The largest absolute Gasteiger partial charge is 0.456 e. The maximum Gasteiger partial charge on any atom is 0.261 e. The van der Waals surface area contributed by atoms with Gasteiger partial charge in [0.25, 0.3) is 15.9 Å². The first-order valence-corrected chi connectivity index (χ1v) is 11.3. The van der Waals surface area contributed by atoms with Gasteiger partial charge in [0.05, 0.1) is 27.8 Å². The third-order valence-electron chi connectivity index (χ3n) is 4.07. The van der Waals surface area contributed by atoms with E-state index < -0.39 is 15.9 Å². The highest BCUT2D eigenvalue weighted by molar-refractivity contribution is 7.92. The van der Waals surface area contributed by atoms with Crippen LogP contribution in [0.5, 0.6) is 11.5 Å². The first kappa shape index (κ1) is 22.9. The molecule has 7 nitrogen and oxygen atoms in total. The first-order chi connectivity index (χ1) is 14.8. The Hall–Kier alpha value is -2.78. The summed E-state index contributed by atoms with van der Waals surface area (Å²) in [4.78, 5) is 12.3. The first-order valence-electron chi connectivity index (χ1n) is 9.04. The smallest absolute Gasteiger partial charge is 0.261 e. The Labute approximate surface area is 189 Å². The third-order valence-corrected chi connectivity index (χ3v) is 6.00. The van der Waals surface area contributed by atoms with Crippen molar-refractivity contribution in [1.29, 1.82) is 0 Å². The number of aliphatic hydroxyl groups is 1. The molecule has 3 aromatic carbocycles. The maximum atomic E-state index is 12.8. The van der Waals surface area contributed by atoms with Crippen LogP contribution in [0.3, 0.4) is 0 Å². The van der Waals surface area contributed by atoms with E-state index in [1.807, 2.05) is 0 Å². The lowest BCUT2D eigenvalue weighted by Gasteiger charge is -2.13. The van der Waals surface area contributed by atoms with Gasteiger partial charge in [0.1, 0.15) is 11.5 Å². The van der Waals surface area contributed by atoms with E-state index in [1.165, 1.54) is 42.5 Å². The van der Waals surface area contributed by atoms with E-state index in [9.17, 15) is 13.2 Å². The van der Waals surface area contributed by atoms with Crippen LogP contribution >= 0.6 is 23.2 Å². The number of ether oxygens (including phenoxy) is 1. The minimum absolute atomic E-state index is 0.0183. The fourth-order valence-electron chi connectivity index (χ4n) is 2.60. The Morgan fingerprint density at radius 2 is 1.71 bits per heavy atom. The molecule has 3 rings (SSSR count). The molecule has 31 heavy (non-hydrogen) atoms. The highest BCUT2D eigenvalue weighted by Crippen LogP contribution is 2.30. The lowest BCUT2D eigenvalue weighted by Crippen LogP contribution is -2.27. The topological polar surface area (TPSA) is 105 Å². The third kappa shape index (κ3) is 5.89. The van der Waals surface area contributed by atoms with Gasteiger partial charge in [-0.05, 0) is 54.6 Å². The van der Waals surface area contributed by atoms with Gasteiger partial charge in [-0.2, -0.15) is 0 Å². The van der Waals surface area contributed by atoms with Crippen LogP contribution in [-0.4, -0.2) is 32.6 Å². The highest BCUT2D eigenvalue weighted by atomic mass is 35.5. The molecule has 10 heteroatoms. The van der Waals surface area contributed by atoms with E-state index in [4.69, 9.17) is 33.0 Å². The number of benzene rings is 3. The molecule has 0 aromatic heterocycles. The fraction of sp³-hybridized carbons (Fsp3) is 0.0952. The molecule has 0 fully saturated rings. The fourth-order valence-corrected chi connectivity index (χ4v) is 4.03. The van der Waals surface area contributed by atoms with Gasteiger partial charge in [-0.1, -0.05) is 35.3 Å². The van der Waals surface area contributed by atoms with E-state index in [2.05, 4.69) is 10.0 Å². The Balaban J connectivity index is 1.81. The van der Waals surface area contributed by atoms with Crippen LogP contribution in [0.1, 0.15) is 10.4 Å². The molecule has 0 heterocycles. The summed E-state index contributed by atoms with van der Waals surface area (Å²) < 4.78 is 33.7. The molecule has 0 bridgehead atoms. The second-order valence-electron chi connectivity index (χ2n) is 6.28. The van der Waals surface area contributed by atoms with E-state index in [0.717, 1.165) is 0 Å². The number of amides is 1. The lowest BCUT2D eigenvalue weighted by molar-refractivity contribution is 0.0945. The van der Waals surface area contributed by atoms with Gasteiger partial charge < -0.3 is 15.2 Å². The SMILES string of the molecule is O=C(NCCO)c1cc(Cl)ccc1NS(=O)(=O)c1ccc(Oc2ccccc2Cl)cc1. The predicted molar refractivity (Wildman–Crippen MR) is 120 cm³/mol. The molecular weight excluding hydrogens is 463 g/mol. The van der Waals surface area contributed by atoms with Gasteiger partial charge >= 0.3 is 0 Å². The van der Waals surface area contributed by atoms with E-state index in [-0.39, 0.29) is 34.3 Å². The molecule has 3 N–H and O–H groups in total. The van der Waals surface area contributed by atoms with Crippen molar-refractivity contribution in [2.24, 2.45) is 0 Å². The Kier molecular flexibility index (Phi) is 7.40. The summed E-state index contributed by atoms with van der Waals surface area (Å²) in [5.41, 5.74) is 0.0828. The zero-order valence-corrected chi connectivity index (χ0v) is 18.3. The number of halogens is 2. The molecule has 0 aliphatic carbocycles. The average Bonchev–Trinajstić information content (AvgIpc) is 2.75. The van der Waals surface area contributed by atoms with Crippen LogP contribution in [0.15, 0.2) is 71.6 Å². The van der Waals surface area contributed by atoms with Crippen LogP contribution in [0.2, 0.25) is 10.0 Å². The Morgan fingerprint density at radius 1 is 1.00 bits per heavy atom. The second kappa shape index (κ2) is 10.0. The van der Waals surface area contributed by atoms with Crippen molar-refractivity contribution in [3.8, 4) is 11.5 Å².